The number of carbonyl (C=O) groups is 1. The third-order valence-electron chi connectivity index (χ3n) is 4.05. The van der Waals surface area contributed by atoms with Crippen molar-refractivity contribution in [2.24, 2.45) is 0 Å². The van der Waals surface area contributed by atoms with Gasteiger partial charge in [-0.25, -0.2) is 8.42 Å². The van der Waals surface area contributed by atoms with E-state index < -0.39 is 9.84 Å². The highest BCUT2D eigenvalue weighted by molar-refractivity contribution is 7.90. The molecule has 2 aliphatic rings. The normalized spacial score (nSPS) is 20.9. The van der Waals surface area contributed by atoms with Crippen LogP contribution < -0.4 is 5.32 Å². The Kier molecular flexibility index (Phi) is 3.10. The Morgan fingerprint density at radius 2 is 1.90 bits per heavy atom. The zero-order chi connectivity index (χ0) is 14.4. The molecule has 5 nitrogen and oxygen atoms in total. The van der Waals surface area contributed by atoms with Crippen LogP contribution in [-0.4, -0.2) is 50.7 Å². The first kappa shape index (κ1) is 13.6. The summed E-state index contributed by atoms with van der Waals surface area (Å²) in [5.41, 5.74) is 0.704. The summed E-state index contributed by atoms with van der Waals surface area (Å²) in [7, 11) is -3.21. The summed E-state index contributed by atoms with van der Waals surface area (Å²) >= 11 is 0. The minimum atomic E-state index is -3.21. The molecule has 0 unspecified atom stereocenters. The van der Waals surface area contributed by atoms with E-state index in [0.29, 0.717) is 12.1 Å². The number of carbonyl (C=O) groups excluding carboxylic acids is 1. The molecule has 1 spiro atoms. The molecule has 1 N–H and O–H groups in total. The molecule has 1 aromatic carbocycles. The van der Waals surface area contributed by atoms with Crippen molar-refractivity contribution in [3.8, 4) is 0 Å². The number of hydrogen-bond donors (Lipinski definition) is 1. The summed E-state index contributed by atoms with van der Waals surface area (Å²) in [5.74, 6) is -0.0159. The Balaban J connectivity index is 1.77. The number of benzene rings is 1. The number of nitrogens with one attached hydrogen (secondary N) is 1. The van der Waals surface area contributed by atoms with Crippen LogP contribution in [0.2, 0.25) is 0 Å². The van der Waals surface area contributed by atoms with E-state index in [1.807, 2.05) is 4.90 Å². The van der Waals surface area contributed by atoms with E-state index in [9.17, 15) is 13.2 Å². The summed E-state index contributed by atoms with van der Waals surface area (Å²) in [5, 5.41) is 3.46. The third kappa shape index (κ3) is 2.58. The standard InChI is InChI=1S/C14H18N2O3S/c1-20(18,19)12-4-2-11(3-5-12)13(17)16-9-8-15-14(10-16)6-7-14/h2-5,15H,6-10H2,1H3. The Morgan fingerprint density at radius 1 is 1.25 bits per heavy atom. The van der Waals surface area contributed by atoms with Gasteiger partial charge < -0.3 is 10.2 Å². The molecule has 1 aliphatic heterocycles. The van der Waals surface area contributed by atoms with E-state index in [1.54, 1.807) is 12.1 Å². The maximum atomic E-state index is 12.4. The van der Waals surface area contributed by atoms with Crippen LogP contribution in [0.5, 0.6) is 0 Å². The van der Waals surface area contributed by atoms with Crippen LogP contribution >= 0.6 is 0 Å². The van der Waals surface area contributed by atoms with E-state index in [-0.39, 0.29) is 16.3 Å². The lowest BCUT2D eigenvalue weighted by Crippen LogP contribution is -2.54. The number of hydrogen-bond acceptors (Lipinski definition) is 4. The first-order valence-corrected chi connectivity index (χ1v) is 8.63. The molecule has 1 aliphatic carbocycles. The topological polar surface area (TPSA) is 66.5 Å². The monoisotopic (exact) mass is 294 g/mol. The number of nitrogens with zero attached hydrogens (tertiary/aromatic N) is 1. The van der Waals surface area contributed by atoms with Crippen LogP contribution in [0.25, 0.3) is 0 Å². The van der Waals surface area contributed by atoms with E-state index >= 15 is 0 Å². The quantitative estimate of drug-likeness (QED) is 0.870. The summed E-state index contributed by atoms with van der Waals surface area (Å²) in [6.07, 6.45) is 3.42. The molecular formula is C14H18N2O3S. The minimum Gasteiger partial charge on any atom is -0.336 e. The molecule has 108 valence electrons. The molecule has 1 saturated carbocycles. The minimum absolute atomic E-state index is 0.0159. The molecule has 3 rings (SSSR count). The van der Waals surface area contributed by atoms with Gasteiger partial charge in [-0.2, -0.15) is 0 Å². The van der Waals surface area contributed by atoms with Gasteiger partial charge in [-0.1, -0.05) is 0 Å². The van der Waals surface area contributed by atoms with E-state index in [0.717, 1.165) is 32.2 Å². The van der Waals surface area contributed by atoms with Crippen LogP contribution in [0, 0.1) is 0 Å². The molecular weight excluding hydrogens is 276 g/mol. The molecule has 6 heteroatoms. The molecule has 1 aromatic rings. The maximum Gasteiger partial charge on any atom is 0.253 e. The van der Waals surface area contributed by atoms with Crippen LogP contribution in [0.4, 0.5) is 0 Å². The fourth-order valence-electron chi connectivity index (χ4n) is 2.64. The molecule has 2 fully saturated rings. The lowest BCUT2D eigenvalue weighted by Gasteiger charge is -2.34. The first-order valence-electron chi connectivity index (χ1n) is 6.74. The maximum absolute atomic E-state index is 12.4. The lowest BCUT2D eigenvalue weighted by molar-refractivity contribution is 0.0691. The van der Waals surface area contributed by atoms with Crippen molar-refractivity contribution in [2.45, 2.75) is 23.3 Å². The molecule has 0 bridgehead atoms. The van der Waals surface area contributed by atoms with Gasteiger partial charge in [-0.3, -0.25) is 4.79 Å². The zero-order valence-electron chi connectivity index (χ0n) is 11.4. The third-order valence-corrected chi connectivity index (χ3v) is 5.17. The second-order valence-corrected chi connectivity index (χ2v) is 7.75. The Labute approximate surface area is 118 Å². The highest BCUT2D eigenvalue weighted by Gasteiger charge is 2.46. The SMILES string of the molecule is CS(=O)(=O)c1ccc(C(=O)N2CCNC3(CC3)C2)cc1. The lowest BCUT2D eigenvalue weighted by atomic mass is 10.1. The molecule has 0 aromatic heterocycles. The van der Waals surface area contributed by atoms with Gasteiger partial charge in [0.1, 0.15) is 0 Å². The van der Waals surface area contributed by atoms with Crippen molar-refractivity contribution in [1.29, 1.82) is 0 Å². The van der Waals surface area contributed by atoms with E-state index in [1.165, 1.54) is 12.1 Å². The molecule has 0 atom stereocenters. The fourth-order valence-corrected chi connectivity index (χ4v) is 3.27. The van der Waals surface area contributed by atoms with Crippen LogP contribution in [-0.2, 0) is 9.84 Å². The van der Waals surface area contributed by atoms with Crippen molar-refractivity contribution >= 4 is 15.7 Å². The van der Waals surface area contributed by atoms with E-state index in [4.69, 9.17) is 0 Å². The summed E-state index contributed by atoms with van der Waals surface area (Å²) in [4.78, 5) is 14.5. The van der Waals surface area contributed by atoms with Crippen molar-refractivity contribution in [1.82, 2.24) is 10.2 Å². The van der Waals surface area contributed by atoms with Gasteiger partial charge in [0.15, 0.2) is 9.84 Å². The second kappa shape index (κ2) is 4.56. The number of sulfone groups is 1. The molecule has 0 radical (unpaired) electrons. The summed E-state index contributed by atoms with van der Waals surface area (Å²) in [6.45, 7) is 2.28. The van der Waals surface area contributed by atoms with Gasteiger partial charge >= 0.3 is 0 Å². The number of piperazine rings is 1. The first-order chi connectivity index (χ1) is 9.40. The van der Waals surface area contributed by atoms with Crippen molar-refractivity contribution in [3.05, 3.63) is 29.8 Å². The van der Waals surface area contributed by atoms with Gasteiger partial charge in [-0.05, 0) is 37.1 Å². The molecule has 1 amide bonds. The highest BCUT2D eigenvalue weighted by Crippen LogP contribution is 2.37. The van der Waals surface area contributed by atoms with Crippen LogP contribution in [0.3, 0.4) is 0 Å². The van der Waals surface area contributed by atoms with Gasteiger partial charge in [0, 0.05) is 37.0 Å². The van der Waals surface area contributed by atoms with Gasteiger partial charge in [0.25, 0.3) is 5.91 Å². The average Bonchev–Trinajstić information content (AvgIpc) is 3.16. The molecule has 20 heavy (non-hydrogen) atoms. The van der Waals surface area contributed by atoms with Gasteiger partial charge in [-0.15, -0.1) is 0 Å². The van der Waals surface area contributed by atoms with Gasteiger partial charge in [0.05, 0.1) is 4.90 Å². The van der Waals surface area contributed by atoms with Crippen LogP contribution in [0.15, 0.2) is 29.2 Å². The zero-order valence-corrected chi connectivity index (χ0v) is 12.2. The Morgan fingerprint density at radius 3 is 2.45 bits per heavy atom. The van der Waals surface area contributed by atoms with E-state index in [2.05, 4.69) is 5.32 Å². The predicted molar refractivity (Wildman–Crippen MR) is 75.4 cm³/mol. The Bertz CT molecular complexity index is 633. The van der Waals surface area contributed by atoms with Crippen molar-refractivity contribution in [2.75, 3.05) is 25.9 Å². The average molecular weight is 294 g/mol. The molecule has 1 heterocycles. The van der Waals surface area contributed by atoms with Crippen molar-refractivity contribution in [3.63, 3.8) is 0 Å². The van der Waals surface area contributed by atoms with Crippen molar-refractivity contribution < 1.29 is 13.2 Å². The largest absolute Gasteiger partial charge is 0.336 e. The summed E-state index contributed by atoms with van der Waals surface area (Å²) in [6, 6.07) is 6.19. The number of amides is 1. The smallest absolute Gasteiger partial charge is 0.253 e. The Hall–Kier alpha value is -1.40. The second-order valence-electron chi connectivity index (χ2n) is 5.73. The highest BCUT2D eigenvalue weighted by atomic mass is 32.2. The van der Waals surface area contributed by atoms with Gasteiger partial charge in [0.2, 0.25) is 0 Å². The summed E-state index contributed by atoms with van der Waals surface area (Å²) < 4.78 is 22.8. The predicted octanol–water partition coefficient (Wildman–Crippen LogP) is 0.668. The molecule has 1 saturated heterocycles. The van der Waals surface area contributed by atoms with Crippen LogP contribution in [0.1, 0.15) is 23.2 Å². The fraction of sp³-hybridized carbons (Fsp3) is 0.500. The number of rotatable bonds is 2.